The molecule has 0 bridgehead atoms. The van der Waals surface area contributed by atoms with E-state index >= 15 is 0 Å². The van der Waals surface area contributed by atoms with Crippen molar-refractivity contribution in [2.24, 2.45) is 5.92 Å². The maximum Gasteiger partial charge on any atom is 0.137 e. The van der Waals surface area contributed by atoms with Crippen molar-refractivity contribution < 1.29 is 9.53 Å². The molecule has 1 atom stereocenters. The van der Waals surface area contributed by atoms with Crippen molar-refractivity contribution in [3.63, 3.8) is 0 Å². The third-order valence-corrected chi connectivity index (χ3v) is 4.35. The summed E-state index contributed by atoms with van der Waals surface area (Å²) < 4.78 is 5.78. The van der Waals surface area contributed by atoms with Gasteiger partial charge in [0.05, 0.1) is 0 Å². The van der Waals surface area contributed by atoms with Crippen LogP contribution in [0.15, 0.2) is 54.6 Å². The molecule has 1 fully saturated rings. The second kappa shape index (κ2) is 7.93. The van der Waals surface area contributed by atoms with E-state index in [1.807, 2.05) is 30.3 Å². The maximum atomic E-state index is 12.1. The summed E-state index contributed by atoms with van der Waals surface area (Å²) in [4.78, 5) is 12.1. The summed E-state index contributed by atoms with van der Waals surface area (Å²) in [5.74, 6) is 1.48. The standard InChI is InChI=1S/C20H23NO2/c22-20(18-12-13-21-14-18)11-8-16-6-9-19(10-7-16)23-15-17-4-2-1-3-5-17/h1-7,9-10,18,21H,8,11-15H2. The van der Waals surface area contributed by atoms with Crippen LogP contribution in [0.3, 0.4) is 0 Å². The van der Waals surface area contributed by atoms with Crippen LogP contribution < -0.4 is 10.1 Å². The number of rotatable bonds is 7. The molecule has 3 rings (SSSR count). The van der Waals surface area contributed by atoms with Gasteiger partial charge in [0.2, 0.25) is 0 Å². The number of hydrogen-bond acceptors (Lipinski definition) is 3. The number of hydrogen-bond donors (Lipinski definition) is 1. The van der Waals surface area contributed by atoms with Gasteiger partial charge in [-0.05, 0) is 42.6 Å². The smallest absolute Gasteiger partial charge is 0.137 e. The zero-order valence-electron chi connectivity index (χ0n) is 13.3. The van der Waals surface area contributed by atoms with Gasteiger partial charge in [-0.3, -0.25) is 4.79 Å². The second-order valence-corrected chi connectivity index (χ2v) is 6.07. The van der Waals surface area contributed by atoms with Gasteiger partial charge in [0.15, 0.2) is 0 Å². The fourth-order valence-corrected chi connectivity index (χ4v) is 2.89. The lowest BCUT2D eigenvalue weighted by Gasteiger charge is -2.09. The summed E-state index contributed by atoms with van der Waals surface area (Å²) in [7, 11) is 0. The van der Waals surface area contributed by atoms with Crippen molar-refractivity contribution >= 4 is 5.78 Å². The van der Waals surface area contributed by atoms with E-state index in [4.69, 9.17) is 4.74 Å². The molecule has 1 saturated heterocycles. The molecule has 3 heteroatoms. The van der Waals surface area contributed by atoms with Gasteiger partial charge >= 0.3 is 0 Å². The first-order valence-electron chi connectivity index (χ1n) is 8.30. The molecule has 0 aliphatic carbocycles. The quantitative estimate of drug-likeness (QED) is 0.852. The van der Waals surface area contributed by atoms with E-state index in [0.717, 1.165) is 37.2 Å². The van der Waals surface area contributed by atoms with Gasteiger partial charge in [0.25, 0.3) is 0 Å². The number of aryl methyl sites for hydroxylation is 1. The molecule has 2 aromatic rings. The minimum atomic E-state index is 0.225. The number of carbonyl (C=O) groups is 1. The molecular formula is C20H23NO2. The Labute approximate surface area is 137 Å². The van der Waals surface area contributed by atoms with E-state index in [1.165, 1.54) is 5.56 Å². The predicted molar refractivity (Wildman–Crippen MR) is 91.5 cm³/mol. The number of ketones is 1. The minimum Gasteiger partial charge on any atom is -0.489 e. The molecule has 0 saturated carbocycles. The molecule has 1 aliphatic heterocycles. The largest absolute Gasteiger partial charge is 0.489 e. The lowest BCUT2D eigenvalue weighted by atomic mass is 9.97. The fourth-order valence-electron chi connectivity index (χ4n) is 2.89. The van der Waals surface area contributed by atoms with E-state index in [1.54, 1.807) is 0 Å². The number of Topliss-reactive ketones (excluding diaryl/α,β-unsaturated/α-hetero) is 1. The summed E-state index contributed by atoms with van der Waals surface area (Å²) in [6, 6.07) is 18.2. The third-order valence-electron chi connectivity index (χ3n) is 4.35. The fraction of sp³-hybridized carbons (Fsp3) is 0.350. The van der Waals surface area contributed by atoms with Gasteiger partial charge in [-0.1, -0.05) is 42.5 Å². The lowest BCUT2D eigenvalue weighted by Crippen LogP contribution is -2.18. The Morgan fingerprint density at radius 2 is 1.83 bits per heavy atom. The predicted octanol–water partition coefficient (Wildman–Crippen LogP) is 3.38. The Kier molecular flexibility index (Phi) is 5.43. The SMILES string of the molecule is O=C(CCc1ccc(OCc2ccccc2)cc1)C1CCNC1. The number of carbonyl (C=O) groups excluding carboxylic acids is 1. The van der Waals surface area contributed by atoms with Crippen molar-refractivity contribution in [1.82, 2.24) is 5.32 Å². The van der Waals surface area contributed by atoms with Crippen molar-refractivity contribution in [2.45, 2.75) is 25.9 Å². The number of benzene rings is 2. The average Bonchev–Trinajstić information content (AvgIpc) is 3.14. The molecule has 0 radical (unpaired) electrons. The first-order valence-corrected chi connectivity index (χ1v) is 8.30. The second-order valence-electron chi connectivity index (χ2n) is 6.07. The van der Waals surface area contributed by atoms with E-state index in [9.17, 15) is 4.79 Å². The van der Waals surface area contributed by atoms with Crippen LogP contribution in [0.5, 0.6) is 5.75 Å². The van der Waals surface area contributed by atoms with Gasteiger partial charge in [-0.15, -0.1) is 0 Å². The molecule has 2 aromatic carbocycles. The molecular weight excluding hydrogens is 286 g/mol. The zero-order chi connectivity index (χ0) is 15.9. The number of nitrogens with one attached hydrogen (secondary N) is 1. The van der Waals surface area contributed by atoms with Gasteiger partial charge in [0.1, 0.15) is 18.1 Å². The van der Waals surface area contributed by atoms with Crippen molar-refractivity contribution in [3.05, 3.63) is 65.7 Å². The summed E-state index contributed by atoms with van der Waals surface area (Å²) in [6.07, 6.45) is 2.44. The summed E-state index contributed by atoms with van der Waals surface area (Å²) >= 11 is 0. The summed E-state index contributed by atoms with van der Waals surface area (Å²) in [6.45, 7) is 2.41. The first-order chi connectivity index (χ1) is 11.3. The summed E-state index contributed by atoms with van der Waals surface area (Å²) in [5.41, 5.74) is 2.35. The highest BCUT2D eigenvalue weighted by molar-refractivity contribution is 5.81. The van der Waals surface area contributed by atoms with Crippen molar-refractivity contribution in [1.29, 1.82) is 0 Å². The zero-order valence-corrected chi connectivity index (χ0v) is 13.3. The highest BCUT2D eigenvalue weighted by Gasteiger charge is 2.21. The molecule has 0 spiro atoms. The Balaban J connectivity index is 1.46. The van der Waals surface area contributed by atoms with E-state index < -0.39 is 0 Å². The molecule has 1 N–H and O–H groups in total. The monoisotopic (exact) mass is 309 g/mol. The topological polar surface area (TPSA) is 38.3 Å². The Bertz CT molecular complexity index is 616. The van der Waals surface area contributed by atoms with Crippen LogP contribution >= 0.6 is 0 Å². The van der Waals surface area contributed by atoms with Crippen LogP contribution in [0.2, 0.25) is 0 Å². The van der Waals surface area contributed by atoms with Gasteiger partial charge < -0.3 is 10.1 Å². The summed E-state index contributed by atoms with van der Waals surface area (Å²) in [5, 5.41) is 3.25. The molecule has 120 valence electrons. The van der Waals surface area contributed by atoms with Crippen LogP contribution in [0.4, 0.5) is 0 Å². The van der Waals surface area contributed by atoms with Crippen LogP contribution in [0.25, 0.3) is 0 Å². The van der Waals surface area contributed by atoms with E-state index in [0.29, 0.717) is 18.8 Å². The third kappa shape index (κ3) is 4.67. The molecule has 1 unspecified atom stereocenters. The maximum absolute atomic E-state index is 12.1. The average molecular weight is 309 g/mol. The highest BCUT2D eigenvalue weighted by Crippen LogP contribution is 2.17. The molecule has 0 amide bonds. The van der Waals surface area contributed by atoms with E-state index in [2.05, 4.69) is 29.6 Å². The molecule has 23 heavy (non-hydrogen) atoms. The van der Waals surface area contributed by atoms with E-state index in [-0.39, 0.29) is 5.92 Å². The van der Waals surface area contributed by atoms with Gasteiger partial charge in [-0.2, -0.15) is 0 Å². The van der Waals surface area contributed by atoms with Crippen LogP contribution in [0.1, 0.15) is 24.0 Å². The van der Waals surface area contributed by atoms with Gasteiger partial charge in [0, 0.05) is 18.9 Å². The first kappa shape index (κ1) is 15.8. The Morgan fingerprint density at radius 1 is 1.04 bits per heavy atom. The van der Waals surface area contributed by atoms with Crippen LogP contribution in [-0.4, -0.2) is 18.9 Å². The van der Waals surface area contributed by atoms with Crippen molar-refractivity contribution in [2.75, 3.05) is 13.1 Å². The Morgan fingerprint density at radius 3 is 2.52 bits per heavy atom. The lowest BCUT2D eigenvalue weighted by molar-refractivity contribution is -0.122. The Hall–Kier alpha value is -2.13. The molecule has 1 heterocycles. The van der Waals surface area contributed by atoms with Crippen LogP contribution in [0, 0.1) is 5.92 Å². The molecule has 1 aliphatic rings. The number of ether oxygens (including phenoxy) is 1. The molecule has 3 nitrogen and oxygen atoms in total. The molecule has 0 aromatic heterocycles. The van der Waals surface area contributed by atoms with Crippen LogP contribution in [-0.2, 0) is 17.8 Å². The highest BCUT2D eigenvalue weighted by atomic mass is 16.5. The van der Waals surface area contributed by atoms with Crippen molar-refractivity contribution in [3.8, 4) is 5.75 Å². The normalized spacial score (nSPS) is 17.1. The minimum absolute atomic E-state index is 0.225. The van der Waals surface area contributed by atoms with Gasteiger partial charge in [-0.25, -0.2) is 0 Å².